The highest BCUT2D eigenvalue weighted by atomic mass is 35.5. The monoisotopic (exact) mass is 856 g/mol. The number of piperidine rings is 1. The van der Waals surface area contributed by atoms with Crippen molar-refractivity contribution >= 4 is 48.2 Å². The molecular weight excluding hydrogens is 796 g/mol. The fourth-order valence-electron chi connectivity index (χ4n) is 10.9. The number of aromatic hydroxyl groups is 1. The summed E-state index contributed by atoms with van der Waals surface area (Å²) < 4.78 is 14.4. The van der Waals surface area contributed by atoms with Gasteiger partial charge < -0.3 is 14.3 Å². The number of likely N-dealkylation sites (tertiary alicyclic amines) is 2. The van der Waals surface area contributed by atoms with Crippen LogP contribution in [0.1, 0.15) is 83.8 Å². The molecule has 1 aliphatic carbocycles. The SMILES string of the molecule is CCC/C(=C\c1ccc(O)cc1Cl)CC[C@H]1OC[C@H]2C1=C(CO[Si](c1ccccc1)(c1ccccc1)C(C)(C)C)C[C@H]1C(=O)N(C3CCN(Cc4ccccc4)CC3)C(=O)[C@H]12. The summed E-state index contributed by atoms with van der Waals surface area (Å²) in [7, 11) is -2.92. The highest BCUT2D eigenvalue weighted by Gasteiger charge is 2.59. The van der Waals surface area contributed by atoms with Gasteiger partial charge in [-0.2, -0.15) is 0 Å². The van der Waals surface area contributed by atoms with E-state index in [1.807, 2.05) is 12.1 Å². The van der Waals surface area contributed by atoms with Crippen LogP contribution in [0.2, 0.25) is 10.1 Å². The number of hydrogen-bond acceptors (Lipinski definition) is 6. The molecule has 1 N–H and O–H groups in total. The number of amides is 2. The lowest BCUT2D eigenvalue weighted by atomic mass is 9.69. The number of halogens is 1. The van der Waals surface area contributed by atoms with E-state index in [-0.39, 0.29) is 40.7 Å². The van der Waals surface area contributed by atoms with Gasteiger partial charge in [-0.25, -0.2) is 0 Å². The number of ether oxygens (including phenoxy) is 1. The van der Waals surface area contributed by atoms with Crippen LogP contribution < -0.4 is 10.4 Å². The molecule has 61 heavy (non-hydrogen) atoms. The second kappa shape index (κ2) is 18.6. The first-order chi connectivity index (χ1) is 29.5. The van der Waals surface area contributed by atoms with Crippen molar-refractivity contribution in [1.82, 2.24) is 9.80 Å². The van der Waals surface area contributed by atoms with Crippen molar-refractivity contribution in [3.05, 3.63) is 142 Å². The largest absolute Gasteiger partial charge is 0.508 e. The van der Waals surface area contributed by atoms with Crippen LogP contribution >= 0.6 is 11.6 Å². The van der Waals surface area contributed by atoms with Crippen LogP contribution in [0.5, 0.6) is 5.75 Å². The molecule has 8 rings (SSSR count). The summed E-state index contributed by atoms with van der Waals surface area (Å²) in [5.41, 5.74) is 5.74. The van der Waals surface area contributed by atoms with E-state index >= 15 is 0 Å². The Balaban J connectivity index is 1.11. The fourth-order valence-corrected chi connectivity index (χ4v) is 15.7. The minimum Gasteiger partial charge on any atom is -0.508 e. The molecule has 3 fully saturated rings. The number of fused-ring (bicyclic) bond motifs is 3. The highest BCUT2D eigenvalue weighted by molar-refractivity contribution is 6.99. The lowest BCUT2D eigenvalue weighted by Gasteiger charge is -2.44. The van der Waals surface area contributed by atoms with Gasteiger partial charge in [-0.15, -0.1) is 0 Å². The van der Waals surface area contributed by atoms with E-state index in [0.717, 1.165) is 69.3 Å². The third kappa shape index (κ3) is 8.85. The summed E-state index contributed by atoms with van der Waals surface area (Å²) in [5.74, 6) is -0.897. The zero-order valence-electron chi connectivity index (χ0n) is 36.2. The maximum absolute atomic E-state index is 14.8. The Kier molecular flexibility index (Phi) is 13.2. The molecule has 0 radical (unpaired) electrons. The maximum Gasteiger partial charge on any atom is 0.261 e. The fraction of sp³-hybridized carbons (Fsp3) is 0.423. The number of carbonyl (C=O) groups is 2. The number of carbonyl (C=O) groups excluding carboxylic acids is 2. The van der Waals surface area contributed by atoms with Gasteiger partial charge in [0.05, 0.1) is 36.2 Å². The van der Waals surface area contributed by atoms with E-state index in [1.165, 1.54) is 27.1 Å². The van der Waals surface area contributed by atoms with Crippen LogP contribution in [0, 0.1) is 17.8 Å². The van der Waals surface area contributed by atoms with E-state index < -0.39 is 20.2 Å². The third-order valence-electron chi connectivity index (χ3n) is 13.7. The molecule has 0 aromatic heterocycles. The molecule has 4 atom stereocenters. The molecule has 0 bridgehead atoms. The predicted molar refractivity (Wildman–Crippen MR) is 247 cm³/mol. The second-order valence-electron chi connectivity index (χ2n) is 18.6. The van der Waals surface area contributed by atoms with Gasteiger partial charge in [0.25, 0.3) is 8.32 Å². The molecule has 320 valence electrons. The van der Waals surface area contributed by atoms with Gasteiger partial charge >= 0.3 is 0 Å². The molecule has 3 saturated heterocycles. The van der Waals surface area contributed by atoms with Crippen LogP contribution in [-0.4, -0.2) is 73.5 Å². The lowest BCUT2D eigenvalue weighted by Crippen LogP contribution is -2.66. The van der Waals surface area contributed by atoms with Gasteiger partial charge in [0.2, 0.25) is 11.8 Å². The van der Waals surface area contributed by atoms with Gasteiger partial charge in [0.1, 0.15) is 5.75 Å². The Morgan fingerprint density at radius 2 is 1.51 bits per heavy atom. The molecule has 0 saturated carbocycles. The normalized spacial score (nSPS) is 22.8. The Morgan fingerprint density at radius 1 is 0.869 bits per heavy atom. The summed E-state index contributed by atoms with van der Waals surface area (Å²) >= 11 is 6.57. The molecule has 0 spiro atoms. The molecule has 3 heterocycles. The number of nitrogens with zero attached hydrogens (tertiary/aromatic N) is 2. The standard InChI is InChI=1S/C52H61ClN2O5Si/c1-5-15-36(30-38-23-24-41(56)32-46(38)53)22-25-47-48-39(34-60-61(52(2,3)4,42-18-11-7-12-19-42)43-20-13-8-14-21-43)31-44-49(45(48)35-59-47)51(58)55(50(44)57)40-26-28-54(29-27-40)33-37-16-9-6-10-17-37/h6-14,16-21,23-24,30,32,40,44-45,47,49,56H,5,15,22,25-29,31,33-35H2,1-4H3/b36-30+/t44-,45+,47-,49-/m1/s1. The van der Waals surface area contributed by atoms with Crippen LogP contribution in [0.15, 0.2) is 126 Å². The zero-order chi connectivity index (χ0) is 42.7. The summed E-state index contributed by atoms with van der Waals surface area (Å²) in [6.45, 7) is 12.4. The molecule has 9 heteroatoms. The van der Waals surface area contributed by atoms with Crippen molar-refractivity contribution < 1.29 is 23.9 Å². The Labute approximate surface area is 368 Å². The molecule has 4 aromatic rings. The predicted octanol–water partition coefficient (Wildman–Crippen LogP) is 9.57. The van der Waals surface area contributed by atoms with Gasteiger partial charge in [-0.1, -0.05) is 148 Å². The number of rotatable bonds is 14. The molecular formula is C52H61ClN2O5Si. The second-order valence-corrected chi connectivity index (χ2v) is 23.3. The van der Waals surface area contributed by atoms with Crippen LogP contribution in [0.25, 0.3) is 6.08 Å². The van der Waals surface area contributed by atoms with Gasteiger partial charge in [-0.05, 0) is 94.4 Å². The molecule has 4 aliphatic rings. The molecule has 7 nitrogen and oxygen atoms in total. The maximum atomic E-state index is 14.8. The molecule has 0 unspecified atom stereocenters. The van der Waals surface area contributed by atoms with Crippen molar-refractivity contribution in [2.75, 3.05) is 26.3 Å². The van der Waals surface area contributed by atoms with Crippen molar-refractivity contribution in [3.63, 3.8) is 0 Å². The smallest absolute Gasteiger partial charge is 0.261 e. The minimum atomic E-state index is -2.92. The van der Waals surface area contributed by atoms with E-state index in [9.17, 15) is 14.7 Å². The van der Waals surface area contributed by atoms with Gasteiger partial charge in [-0.3, -0.25) is 19.4 Å². The number of benzene rings is 4. The topological polar surface area (TPSA) is 79.3 Å². The van der Waals surface area contributed by atoms with Crippen molar-refractivity contribution in [2.24, 2.45) is 17.8 Å². The molecule has 4 aromatic carbocycles. The summed E-state index contributed by atoms with van der Waals surface area (Å²) in [6.07, 6.45) is 7.47. The summed E-state index contributed by atoms with van der Waals surface area (Å²) in [4.78, 5) is 33.6. The summed E-state index contributed by atoms with van der Waals surface area (Å²) in [6, 6.07) is 37.0. The van der Waals surface area contributed by atoms with Crippen molar-refractivity contribution in [2.45, 2.75) is 96.4 Å². The quantitative estimate of drug-likeness (QED) is 0.0774. The number of hydrogen-bond donors (Lipinski definition) is 1. The van der Waals surface area contributed by atoms with Gasteiger partial charge in [0, 0.05) is 31.6 Å². The first kappa shape index (κ1) is 43.3. The minimum absolute atomic E-state index is 0.0104. The highest BCUT2D eigenvalue weighted by Crippen LogP contribution is 2.51. The van der Waals surface area contributed by atoms with Crippen LogP contribution in [0.3, 0.4) is 0 Å². The Hall–Kier alpha value is -4.31. The van der Waals surface area contributed by atoms with Crippen molar-refractivity contribution in [3.8, 4) is 5.75 Å². The average molecular weight is 858 g/mol. The van der Waals surface area contributed by atoms with Crippen LogP contribution in [0.4, 0.5) is 0 Å². The van der Waals surface area contributed by atoms with Crippen LogP contribution in [-0.2, 0) is 25.3 Å². The van der Waals surface area contributed by atoms with E-state index in [1.54, 1.807) is 17.0 Å². The van der Waals surface area contributed by atoms with E-state index in [2.05, 4.69) is 124 Å². The first-order valence-corrected chi connectivity index (χ1v) is 24.7. The molecule has 2 amide bonds. The van der Waals surface area contributed by atoms with E-state index in [0.29, 0.717) is 24.7 Å². The Morgan fingerprint density at radius 3 is 2.11 bits per heavy atom. The zero-order valence-corrected chi connectivity index (χ0v) is 38.0. The van der Waals surface area contributed by atoms with Gasteiger partial charge in [0.15, 0.2) is 0 Å². The molecule has 3 aliphatic heterocycles. The number of allylic oxidation sites excluding steroid dienone is 1. The van der Waals surface area contributed by atoms with E-state index in [4.69, 9.17) is 20.8 Å². The van der Waals surface area contributed by atoms with Crippen molar-refractivity contribution in [1.29, 1.82) is 0 Å². The number of phenolic OH excluding ortho intramolecular Hbond substituents is 1. The Bertz CT molecular complexity index is 2190. The average Bonchev–Trinajstić information content (AvgIpc) is 3.79. The number of phenols is 1. The summed E-state index contributed by atoms with van der Waals surface area (Å²) in [5, 5.41) is 12.7. The number of imide groups is 1. The lowest BCUT2D eigenvalue weighted by molar-refractivity contribution is -0.144. The first-order valence-electron chi connectivity index (χ1n) is 22.4. The third-order valence-corrected chi connectivity index (χ3v) is 19.0.